The van der Waals surface area contributed by atoms with Crippen molar-refractivity contribution in [3.8, 4) is 44.5 Å². The second kappa shape index (κ2) is 21.8. The SMILES string of the molecule is CC(C)c1cc(CN=[N+]=[N-])cc(C(C)C)c1N1C(=O)c2ccc3c4ccc5c6c(ccc(c7ccc(c2c37)C1=O)c64)-c1cc2cc3c(cc2cc1-5)C=Cc1cc2cc4c(cc2cc1C=C3)-c1ccc2c3ccc5c6c(ccc(c7ccc-4c1c72)c63)C(=O)N(c1c(C(C)C)cc(CN=[N+]=[N-])cc1C(C)C)C5=O. The molecule has 0 fully saturated rings. The van der Waals surface area contributed by atoms with Crippen LogP contribution < -0.4 is 9.80 Å². The van der Waals surface area contributed by atoms with Crippen LogP contribution in [0.15, 0.2) is 180 Å². The normalized spacial score (nSPS) is 14.0. The first kappa shape index (κ1) is 61.7. The predicted octanol–water partition coefficient (Wildman–Crippen LogP) is 25.8. The van der Waals surface area contributed by atoms with Gasteiger partial charge in [0.05, 0.1) is 24.5 Å². The van der Waals surface area contributed by atoms with Gasteiger partial charge in [0, 0.05) is 42.8 Å². The average molecular weight is 1370 g/mol. The standard InChI is InChI=1S/C94H64N8O4/c1-43(2)73-29-47(41-97-99-95)30-74(44(3)4)89(73)101-91(103)69-25-21-61-57-13-17-65-77-37-53-33-49-9-11-51-35-55-39-79-67-19-15-59-63-23-27-71-88-72(94(106)102(93(71)105)90-75(45(5)6)31-48(42-98-100-96)32-76(90)46(7)8)28-24-64(84(63)88)60-16-20-68(86(67)82(59)60)80(79)40-56(55)36-52(51)12-10-50(49)34-54(53)38-78(77)66-18-14-58(81(57)85(65)66)62-22-26-70(92(101)104)87(69)83(61)62/h9-40,43-46H,41-42H2,1-8H3. The number of azide groups is 2. The highest BCUT2D eigenvalue weighted by Crippen LogP contribution is 2.58. The molecule has 3 aliphatic carbocycles. The van der Waals surface area contributed by atoms with Crippen LogP contribution in [0.25, 0.3) is 197 Å². The molecule has 0 unspecified atom stereocenters. The number of amides is 4. The molecule has 21 rings (SSSR count). The van der Waals surface area contributed by atoms with Crippen LogP contribution in [0.4, 0.5) is 11.4 Å². The maximum absolute atomic E-state index is 15.2. The molecule has 12 nitrogen and oxygen atoms in total. The van der Waals surface area contributed by atoms with E-state index in [1.165, 1.54) is 75.9 Å². The van der Waals surface area contributed by atoms with Gasteiger partial charge in [-0.15, -0.1) is 0 Å². The van der Waals surface area contributed by atoms with Gasteiger partial charge in [-0.05, 0) is 305 Å². The lowest BCUT2D eigenvalue weighted by atomic mass is 9.83. The van der Waals surface area contributed by atoms with Crippen LogP contribution in [-0.4, -0.2) is 23.6 Å². The molecule has 0 saturated heterocycles. The summed E-state index contributed by atoms with van der Waals surface area (Å²) in [5, 5.41) is 28.7. The Labute approximate surface area is 608 Å². The number of imide groups is 2. The van der Waals surface area contributed by atoms with Crippen LogP contribution in [0.1, 0.15) is 176 Å². The lowest BCUT2D eigenvalue weighted by Gasteiger charge is -2.33. The number of fused-ring (bicyclic) bond motifs is 14. The molecular formula is C94H64N8O4. The Kier molecular flexibility index (Phi) is 12.7. The summed E-state index contributed by atoms with van der Waals surface area (Å²) in [5.74, 6) is -1.49. The van der Waals surface area contributed by atoms with Crippen LogP contribution in [0.5, 0.6) is 0 Å². The van der Waals surface area contributed by atoms with Crippen LogP contribution >= 0.6 is 0 Å². The third-order valence-electron chi connectivity index (χ3n) is 24.0. The number of hydrogen-bond donors (Lipinski definition) is 0. The van der Waals surface area contributed by atoms with Crippen LogP contribution in [0, 0.1) is 0 Å². The minimum atomic E-state index is -0.342. The molecule has 0 spiro atoms. The fourth-order valence-corrected chi connectivity index (χ4v) is 19.2. The zero-order valence-electron chi connectivity index (χ0n) is 59.4. The van der Waals surface area contributed by atoms with Gasteiger partial charge < -0.3 is 0 Å². The van der Waals surface area contributed by atoms with E-state index in [-0.39, 0.29) is 60.4 Å². The summed E-state index contributed by atoms with van der Waals surface area (Å²) in [6, 6.07) is 60.8. The molecule has 0 bridgehead atoms. The largest absolute Gasteiger partial charge is 0.268 e. The summed E-state index contributed by atoms with van der Waals surface area (Å²) in [6.45, 7) is 16.8. The molecule has 5 aliphatic rings. The van der Waals surface area contributed by atoms with Gasteiger partial charge in [0.25, 0.3) is 23.6 Å². The first-order valence-electron chi connectivity index (χ1n) is 36.6. The second-order valence-corrected chi connectivity index (χ2v) is 30.9. The Bertz CT molecular complexity index is 6340. The molecule has 16 aromatic carbocycles. The van der Waals surface area contributed by atoms with Crippen LogP contribution in [0.2, 0.25) is 0 Å². The van der Waals surface area contributed by atoms with Crippen molar-refractivity contribution in [3.05, 3.63) is 269 Å². The summed E-state index contributed by atoms with van der Waals surface area (Å²) >= 11 is 0. The van der Waals surface area contributed by atoms with E-state index in [1.54, 1.807) is 0 Å². The molecule has 4 amide bonds. The second-order valence-electron chi connectivity index (χ2n) is 30.9. The molecule has 2 heterocycles. The van der Waals surface area contributed by atoms with Gasteiger partial charge in [-0.2, -0.15) is 0 Å². The highest BCUT2D eigenvalue weighted by Gasteiger charge is 2.42. The van der Waals surface area contributed by atoms with Crippen molar-refractivity contribution in [2.75, 3.05) is 9.80 Å². The molecule has 504 valence electrons. The van der Waals surface area contributed by atoms with E-state index in [0.717, 1.165) is 131 Å². The number of nitrogens with zero attached hydrogens (tertiary/aromatic N) is 8. The maximum Gasteiger partial charge on any atom is 0.266 e. The Morgan fingerprint density at radius 3 is 0.717 bits per heavy atom. The van der Waals surface area contributed by atoms with Crippen LogP contribution in [-0.2, 0) is 13.1 Å². The highest BCUT2D eigenvalue weighted by molar-refractivity contribution is 6.46. The number of benzene rings is 16. The number of rotatable bonds is 10. The summed E-state index contributed by atoms with van der Waals surface area (Å²) in [6.07, 6.45) is 9.06. The lowest BCUT2D eigenvalue weighted by molar-refractivity contribution is 0.0877. The van der Waals surface area contributed by atoms with Crippen molar-refractivity contribution in [2.45, 2.75) is 92.2 Å². The quantitative estimate of drug-likeness (QED) is 0.0331. The molecule has 0 aromatic heterocycles. The minimum Gasteiger partial charge on any atom is -0.268 e. The smallest absolute Gasteiger partial charge is 0.266 e. The molecule has 16 aromatic rings. The molecule has 106 heavy (non-hydrogen) atoms. The lowest BCUT2D eigenvalue weighted by Crippen LogP contribution is -2.42. The van der Waals surface area contributed by atoms with E-state index in [0.29, 0.717) is 44.4 Å². The van der Waals surface area contributed by atoms with Crippen molar-refractivity contribution in [1.82, 2.24) is 0 Å². The Balaban J connectivity index is 0.620. The van der Waals surface area contributed by atoms with E-state index in [2.05, 4.69) is 221 Å². The van der Waals surface area contributed by atoms with Crippen LogP contribution in [0.3, 0.4) is 0 Å². The number of hydrogen-bond acceptors (Lipinski definition) is 6. The zero-order valence-corrected chi connectivity index (χ0v) is 59.4. The monoisotopic (exact) mass is 1370 g/mol. The van der Waals surface area contributed by atoms with Gasteiger partial charge >= 0.3 is 0 Å². The van der Waals surface area contributed by atoms with E-state index >= 15 is 19.2 Å². The van der Waals surface area contributed by atoms with E-state index < -0.39 is 0 Å². The summed E-state index contributed by atoms with van der Waals surface area (Å²) in [4.78, 5) is 69.6. The van der Waals surface area contributed by atoms with Gasteiger partial charge in [-0.25, -0.2) is 9.80 Å². The van der Waals surface area contributed by atoms with Gasteiger partial charge in [0.1, 0.15) is 0 Å². The van der Waals surface area contributed by atoms with E-state index in [9.17, 15) is 11.1 Å². The average Bonchev–Trinajstić information content (AvgIpc) is 1.29. The molecule has 2 aliphatic heterocycles. The third-order valence-corrected chi connectivity index (χ3v) is 24.0. The van der Waals surface area contributed by atoms with Gasteiger partial charge in [0.2, 0.25) is 0 Å². The number of carbonyl (C=O) groups excluding carboxylic acids is 4. The Hall–Kier alpha value is -13.0. The first-order valence-corrected chi connectivity index (χ1v) is 36.6. The fraction of sp³-hybridized carbons (Fsp3) is 0.149. The molecular weight excluding hydrogens is 1310 g/mol. The maximum atomic E-state index is 15.2. The van der Waals surface area contributed by atoms with Gasteiger partial charge in [-0.1, -0.05) is 187 Å². The molecule has 0 N–H and O–H groups in total. The van der Waals surface area contributed by atoms with Gasteiger partial charge in [0.15, 0.2) is 0 Å². The van der Waals surface area contributed by atoms with Crippen molar-refractivity contribution in [2.24, 2.45) is 10.2 Å². The molecule has 12 heteroatoms. The zero-order chi connectivity index (χ0) is 72.0. The minimum absolute atomic E-state index is 0.0296. The molecule has 0 radical (unpaired) electrons. The van der Waals surface area contributed by atoms with Crippen molar-refractivity contribution in [1.29, 1.82) is 0 Å². The molecule has 0 atom stereocenters. The van der Waals surface area contributed by atoms with Gasteiger partial charge in [-0.3, -0.25) is 19.2 Å². The predicted molar refractivity (Wildman–Crippen MR) is 434 cm³/mol. The number of anilines is 2. The summed E-state index contributed by atoms with van der Waals surface area (Å²) in [7, 11) is 0. The van der Waals surface area contributed by atoms with Crippen molar-refractivity contribution < 1.29 is 19.2 Å². The van der Waals surface area contributed by atoms with E-state index in [4.69, 9.17) is 0 Å². The van der Waals surface area contributed by atoms with Crippen molar-refractivity contribution >= 4 is 167 Å². The van der Waals surface area contributed by atoms with Crippen molar-refractivity contribution in [3.63, 3.8) is 0 Å². The summed E-state index contributed by atoms with van der Waals surface area (Å²) < 4.78 is 0. The first-order chi connectivity index (χ1) is 51.5. The highest BCUT2D eigenvalue weighted by atomic mass is 16.2. The topological polar surface area (TPSA) is 172 Å². The molecule has 0 saturated carbocycles. The third kappa shape index (κ3) is 8.14. The number of carbonyl (C=O) groups is 4. The summed E-state index contributed by atoms with van der Waals surface area (Å²) in [5.41, 5.74) is 40.8. The Morgan fingerprint density at radius 1 is 0.283 bits per heavy atom. The van der Waals surface area contributed by atoms with E-state index in [1.807, 2.05) is 48.5 Å². The fourth-order valence-electron chi connectivity index (χ4n) is 19.2. The Morgan fingerprint density at radius 2 is 0.500 bits per heavy atom.